The molecule has 5 heteroatoms. The van der Waals surface area contributed by atoms with E-state index in [4.69, 9.17) is 10.4 Å². The molecule has 1 aromatic rings. The summed E-state index contributed by atoms with van der Waals surface area (Å²) in [5, 5.41) is 20.7. The van der Waals surface area contributed by atoms with Crippen molar-refractivity contribution in [3.63, 3.8) is 0 Å². The number of benzene rings is 1. The van der Waals surface area contributed by atoms with Gasteiger partial charge >= 0.3 is 6.03 Å². The van der Waals surface area contributed by atoms with Crippen LogP contribution in [0, 0.1) is 17.2 Å². The van der Waals surface area contributed by atoms with Gasteiger partial charge in [0.25, 0.3) is 0 Å². The van der Waals surface area contributed by atoms with E-state index < -0.39 is 0 Å². The van der Waals surface area contributed by atoms with Crippen LogP contribution in [0.3, 0.4) is 0 Å². The largest absolute Gasteiger partial charge is 0.396 e. The summed E-state index contributed by atoms with van der Waals surface area (Å²) in [5.74, 6) is 0.385. The molecule has 2 rings (SSSR count). The van der Waals surface area contributed by atoms with Crippen molar-refractivity contribution in [3.8, 4) is 6.07 Å². The number of rotatable bonds is 3. The average Bonchev–Trinajstić information content (AvgIpc) is 2.55. The molecule has 1 aliphatic rings. The van der Waals surface area contributed by atoms with Gasteiger partial charge in [-0.25, -0.2) is 4.79 Å². The quantitative estimate of drug-likeness (QED) is 0.897. The first kappa shape index (κ1) is 15.3. The van der Waals surface area contributed by atoms with E-state index in [1.54, 1.807) is 29.2 Å². The molecule has 2 amide bonds. The summed E-state index contributed by atoms with van der Waals surface area (Å²) >= 11 is 0. The number of aliphatic hydroxyl groups excluding tert-OH is 1. The van der Waals surface area contributed by atoms with Crippen molar-refractivity contribution in [3.05, 3.63) is 29.8 Å². The van der Waals surface area contributed by atoms with Crippen LogP contribution in [-0.4, -0.2) is 35.7 Å². The summed E-state index contributed by atoms with van der Waals surface area (Å²) in [6.07, 6.45) is 3.80. The molecule has 112 valence electrons. The number of hydrogen-bond acceptors (Lipinski definition) is 3. The standard InChI is InChI=1S/C16H21N3O2/c1-19(15-8-4-13(11-20)5-9-15)16(21)18-14-6-2-12(10-17)3-7-14/h2-3,6-7,13,15,20H,4-5,8-9,11H2,1H3,(H,18,21). The van der Waals surface area contributed by atoms with Crippen LogP contribution in [0.2, 0.25) is 0 Å². The van der Waals surface area contributed by atoms with E-state index in [1.807, 2.05) is 13.1 Å². The number of urea groups is 1. The molecule has 1 fully saturated rings. The normalized spacial score (nSPS) is 21.4. The zero-order chi connectivity index (χ0) is 15.2. The molecule has 0 aliphatic heterocycles. The Balaban J connectivity index is 1.89. The van der Waals surface area contributed by atoms with E-state index in [9.17, 15) is 4.79 Å². The van der Waals surface area contributed by atoms with Crippen LogP contribution < -0.4 is 5.32 Å². The number of nitrogens with zero attached hydrogens (tertiary/aromatic N) is 2. The van der Waals surface area contributed by atoms with Crippen molar-refractivity contribution in [1.29, 1.82) is 5.26 Å². The molecule has 0 spiro atoms. The zero-order valence-electron chi connectivity index (χ0n) is 12.2. The van der Waals surface area contributed by atoms with Gasteiger partial charge in [0, 0.05) is 25.4 Å². The third-order valence-electron chi connectivity index (χ3n) is 4.21. The highest BCUT2D eigenvalue weighted by atomic mass is 16.3. The summed E-state index contributed by atoms with van der Waals surface area (Å²) in [4.78, 5) is 14.0. The topological polar surface area (TPSA) is 76.4 Å². The van der Waals surface area contributed by atoms with E-state index in [1.165, 1.54) is 0 Å². The van der Waals surface area contributed by atoms with Crippen molar-refractivity contribution >= 4 is 11.7 Å². The maximum absolute atomic E-state index is 12.2. The number of anilines is 1. The van der Waals surface area contributed by atoms with Gasteiger partial charge in [-0.1, -0.05) is 0 Å². The van der Waals surface area contributed by atoms with Gasteiger partial charge < -0.3 is 15.3 Å². The predicted molar refractivity (Wildman–Crippen MR) is 80.8 cm³/mol. The lowest BCUT2D eigenvalue weighted by Crippen LogP contribution is -2.42. The Labute approximate surface area is 125 Å². The van der Waals surface area contributed by atoms with Crippen LogP contribution in [0.25, 0.3) is 0 Å². The molecule has 0 unspecified atom stereocenters. The van der Waals surface area contributed by atoms with Crippen LogP contribution in [0.15, 0.2) is 24.3 Å². The molecule has 1 aliphatic carbocycles. The van der Waals surface area contributed by atoms with E-state index >= 15 is 0 Å². The molecule has 21 heavy (non-hydrogen) atoms. The van der Waals surface area contributed by atoms with Crippen LogP contribution in [-0.2, 0) is 0 Å². The first-order valence-electron chi connectivity index (χ1n) is 7.29. The lowest BCUT2D eigenvalue weighted by molar-refractivity contribution is 0.139. The number of amides is 2. The van der Waals surface area contributed by atoms with Crippen molar-refractivity contribution in [2.24, 2.45) is 5.92 Å². The summed E-state index contributed by atoms with van der Waals surface area (Å²) < 4.78 is 0. The minimum atomic E-state index is -0.132. The Kier molecular flexibility index (Phi) is 5.18. The van der Waals surface area contributed by atoms with Crippen molar-refractivity contribution < 1.29 is 9.90 Å². The van der Waals surface area contributed by atoms with Crippen molar-refractivity contribution in [2.75, 3.05) is 19.0 Å². The maximum atomic E-state index is 12.2. The first-order valence-corrected chi connectivity index (χ1v) is 7.29. The fraction of sp³-hybridized carbons (Fsp3) is 0.500. The zero-order valence-corrected chi connectivity index (χ0v) is 12.2. The maximum Gasteiger partial charge on any atom is 0.321 e. The second kappa shape index (κ2) is 7.09. The fourth-order valence-electron chi connectivity index (χ4n) is 2.72. The van der Waals surface area contributed by atoms with E-state index in [-0.39, 0.29) is 18.7 Å². The molecule has 0 bridgehead atoms. The predicted octanol–water partition coefficient (Wildman–Crippen LogP) is 2.57. The van der Waals surface area contributed by atoms with Gasteiger partial charge in [-0.15, -0.1) is 0 Å². The number of carbonyl (C=O) groups is 1. The van der Waals surface area contributed by atoms with Crippen molar-refractivity contribution in [2.45, 2.75) is 31.7 Å². The third-order valence-corrected chi connectivity index (χ3v) is 4.21. The van der Waals surface area contributed by atoms with E-state index in [0.29, 0.717) is 17.2 Å². The highest BCUT2D eigenvalue weighted by Crippen LogP contribution is 2.27. The van der Waals surface area contributed by atoms with Crippen LogP contribution in [0.1, 0.15) is 31.2 Å². The summed E-state index contributed by atoms with van der Waals surface area (Å²) in [6, 6.07) is 8.97. The van der Waals surface area contributed by atoms with Gasteiger partial charge in [0.2, 0.25) is 0 Å². The van der Waals surface area contributed by atoms with Crippen LogP contribution in [0.5, 0.6) is 0 Å². The molecule has 0 heterocycles. The minimum Gasteiger partial charge on any atom is -0.396 e. The van der Waals surface area contributed by atoms with Gasteiger partial charge in [0.15, 0.2) is 0 Å². The average molecular weight is 287 g/mol. The third kappa shape index (κ3) is 3.96. The number of nitrogens with one attached hydrogen (secondary N) is 1. The number of aliphatic hydroxyl groups is 1. The Morgan fingerprint density at radius 3 is 2.48 bits per heavy atom. The summed E-state index contributed by atoms with van der Waals surface area (Å²) in [6.45, 7) is 0.244. The van der Waals surface area contributed by atoms with Crippen molar-refractivity contribution in [1.82, 2.24) is 4.90 Å². The molecule has 0 radical (unpaired) electrons. The van der Waals surface area contributed by atoms with Gasteiger partial charge in [-0.3, -0.25) is 0 Å². The molecule has 1 aromatic carbocycles. The monoisotopic (exact) mass is 287 g/mol. The number of carbonyl (C=O) groups excluding carboxylic acids is 1. The molecule has 0 aromatic heterocycles. The Hall–Kier alpha value is -2.06. The molecule has 5 nitrogen and oxygen atoms in total. The molecule has 1 saturated carbocycles. The molecular weight excluding hydrogens is 266 g/mol. The highest BCUT2D eigenvalue weighted by molar-refractivity contribution is 5.89. The number of hydrogen-bond donors (Lipinski definition) is 2. The van der Waals surface area contributed by atoms with Crippen LogP contribution in [0.4, 0.5) is 10.5 Å². The first-order chi connectivity index (χ1) is 10.1. The summed E-state index contributed by atoms with van der Waals surface area (Å²) in [5.41, 5.74) is 1.26. The lowest BCUT2D eigenvalue weighted by atomic mass is 9.86. The second-order valence-electron chi connectivity index (χ2n) is 5.59. The smallest absolute Gasteiger partial charge is 0.321 e. The minimum absolute atomic E-state index is 0.132. The van der Waals surface area contributed by atoms with Gasteiger partial charge in [0.05, 0.1) is 11.6 Å². The lowest BCUT2D eigenvalue weighted by Gasteiger charge is -2.34. The Morgan fingerprint density at radius 1 is 1.33 bits per heavy atom. The van der Waals surface area contributed by atoms with Gasteiger partial charge in [0.1, 0.15) is 0 Å². The highest BCUT2D eigenvalue weighted by Gasteiger charge is 2.26. The Bertz CT molecular complexity index is 513. The molecule has 0 saturated heterocycles. The second-order valence-corrected chi connectivity index (χ2v) is 5.59. The fourth-order valence-corrected chi connectivity index (χ4v) is 2.72. The summed E-state index contributed by atoms with van der Waals surface area (Å²) in [7, 11) is 1.81. The van der Waals surface area contributed by atoms with Gasteiger partial charge in [-0.05, 0) is 55.9 Å². The molecule has 2 N–H and O–H groups in total. The molecular formula is C16H21N3O2. The van der Waals surface area contributed by atoms with E-state index in [0.717, 1.165) is 25.7 Å². The molecule has 0 atom stereocenters. The SMILES string of the molecule is CN(C(=O)Nc1ccc(C#N)cc1)C1CCC(CO)CC1. The van der Waals surface area contributed by atoms with E-state index in [2.05, 4.69) is 5.32 Å². The van der Waals surface area contributed by atoms with Gasteiger partial charge in [-0.2, -0.15) is 5.26 Å². The Morgan fingerprint density at radius 2 is 1.95 bits per heavy atom. The number of nitriles is 1. The van der Waals surface area contributed by atoms with Crippen LogP contribution >= 0.6 is 0 Å².